The van der Waals surface area contributed by atoms with Gasteiger partial charge in [0.25, 0.3) is 5.91 Å². The Morgan fingerprint density at radius 1 is 1.28 bits per heavy atom. The predicted molar refractivity (Wildman–Crippen MR) is 67.7 cm³/mol. The smallest absolute Gasteiger partial charge is 0.280 e. The molecule has 1 aromatic rings. The molecule has 1 aromatic heterocycles. The third kappa shape index (κ3) is 2.36. The Labute approximate surface area is 107 Å². The van der Waals surface area contributed by atoms with Crippen LogP contribution in [0.1, 0.15) is 19.3 Å². The number of piperidine rings is 3. The summed E-state index contributed by atoms with van der Waals surface area (Å²) in [5, 5.41) is 2.84. The zero-order valence-corrected chi connectivity index (χ0v) is 10.5. The van der Waals surface area contributed by atoms with Crippen LogP contribution in [0.15, 0.2) is 18.6 Å². The number of aromatic nitrogens is 2. The fourth-order valence-electron chi connectivity index (χ4n) is 3.23. The van der Waals surface area contributed by atoms with Crippen LogP contribution in [-0.4, -0.2) is 46.5 Å². The summed E-state index contributed by atoms with van der Waals surface area (Å²) >= 11 is 0. The Hall–Kier alpha value is -1.49. The molecule has 3 saturated heterocycles. The maximum Gasteiger partial charge on any atom is 0.280 e. The normalized spacial score (nSPS) is 30.1. The topological polar surface area (TPSA) is 54.9 Å². The van der Waals surface area contributed by atoms with Crippen molar-refractivity contribution in [3.63, 3.8) is 0 Å². The summed E-state index contributed by atoms with van der Waals surface area (Å²) in [6.45, 7) is 4.08. The monoisotopic (exact) mass is 247 g/mol. The van der Waals surface area contributed by atoms with Crippen molar-refractivity contribution < 1.29 is 9.28 Å². The number of carbonyl (C=O) groups excluding carboxylic acids is 1. The highest BCUT2D eigenvalue weighted by molar-refractivity contribution is 5.90. The number of rotatable bonds is 3. The molecular weight excluding hydrogens is 228 g/mol. The Kier molecular flexibility index (Phi) is 2.99. The van der Waals surface area contributed by atoms with E-state index in [-0.39, 0.29) is 5.91 Å². The van der Waals surface area contributed by atoms with Gasteiger partial charge < -0.3 is 9.80 Å². The van der Waals surface area contributed by atoms with Crippen LogP contribution >= 0.6 is 0 Å². The van der Waals surface area contributed by atoms with Crippen LogP contribution < -0.4 is 5.32 Å². The van der Waals surface area contributed by atoms with Gasteiger partial charge in [-0.25, -0.2) is 4.98 Å². The summed E-state index contributed by atoms with van der Waals surface area (Å²) in [6, 6.07) is 0. The molecule has 4 heterocycles. The van der Waals surface area contributed by atoms with Crippen molar-refractivity contribution in [1.29, 1.82) is 0 Å². The van der Waals surface area contributed by atoms with E-state index in [0.29, 0.717) is 12.4 Å². The predicted octanol–water partition coefficient (Wildman–Crippen LogP) is 1.05. The number of fused-ring (bicyclic) bond motifs is 3. The van der Waals surface area contributed by atoms with Gasteiger partial charge in [-0.05, 0) is 25.2 Å². The van der Waals surface area contributed by atoms with E-state index in [2.05, 4.69) is 15.3 Å². The number of nitrogens with zero attached hydrogens (tertiary/aromatic N) is 3. The molecule has 0 unspecified atom stereocenters. The highest BCUT2D eigenvalue weighted by atomic mass is 16.2. The molecule has 0 spiro atoms. The fourth-order valence-corrected chi connectivity index (χ4v) is 3.23. The van der Waals surface area contributed by atoms with Gasteiger partial charge in [0.15, 0.2) is 12.4 Å². The second kappa shape index (κ2) is 4.65. The van der Waals surface area contributed by atoms with Gasteiger partial charge in [-0.2, -0.15) is 0 Å². The zero-order valence-electron chi connectivity index (χ0n) is 10.5. The molecule has 0 aromatic carbocycles. The average Bonchev–Trinajstić information content (AvgIpc) is 2.41. The number of quaternary nitrogens is 1. The molecule has 4 rings (SSSR count). The first-order valence-corrected chi connectivity index (χ1v) is 6.67. The lowest BCUT2D eigenvalue weighted by Gasteiger charge is -2.48. The highest BCUT2D eigenvalue weighted by Crippen LogP contribution is 2.33. The van der Waals surface area contributed by atoms with Crippen LogP contribution in [0.5, 0.6) is 0 Å². The molecule has 18 heavy (non-hydrogen) atoms. The van der Waals surface area contributed by atoms with Crippen molar-refractivity contribution in [2.45, 2.75) is 19.3 Å². The van der Waals surface area contributed by atoms with Crippen molar-refractivity contribution in [3.8, 4) is 0 Å². The molecule has 2 bridgehead atoms. The SMILES string of the molecule is O=C(C[N+]12CCC(CC1)CC2)Nc1cnccn1. The molecule has 1 N–H and O–H groups in total. The summed E-state index contributed by atoms with van der Waals surface area (Å²) in [7, 11) is 0. The summed E-state index contributed by atoms with van der Waals surface area (Å²) in [5.41, 5.74) is 0. The van der Waals surface area contributed by atoms with E-state index < -0.39 is 0 Å². The van der Waals surface area contributed by atoms with E-state index in [1.54, 1.807) is 18.6 Å². The Balaban J connectivity index is 1.61. The van der Waals surface area contributed by atoms with Crippen LogP contribution in [0.3, 0.4) is 0 Å². The molecular formula is C13H19N4O+. The number of nitrogens with one attached hydrogen (secondary N) is 1. The Morgan fingerprint density at radius 2 is 2.00 bits per heavy atom. The zero-order chi connectivity index (χ0) is 12.4. The molecule has 0 aliphatic carbocycles. The Morgan fingerprint density at radius 3 is 2.61 bits per heavy atom. The van der Waals surface area contributed by atoms with Crippen LogP contribution in [0.4, 0.5) is 5.82 Å². The lowest BCUT2D eigenvalue weighted by atomic mass is 9.86. The molecule has 5 nitrogen and oxygen atoms in total. The molecule has 0 radical (unpaired) electrons. The largest absolute Gasteiger partial charge is 0.316 e. The second-order valence-electron chi connectivity index (χ2n) is 5.54. The first-order valence-electron chi connectivity index (χ1n) is 6.67. The van der Waals surface area contributed by atoms with Crippen molar-refractivity contribution in [1.82, 2.24) is 9.97 Å². The van der Waals surface area contributed by atoms with Gasteiger partial charge in [0.05, 0.1) is 25.8 Å². The maximum absolute atomic E-state index is 12.1. The maximum atomic E-state index is 12.1. The van der Waals surface area contributed by atoms with Gasteiger partial charge in [-0.1, -0.05) is 0 Å². The summed E-state index contributed by atoms with van der Waals surface area (Å²) in [6.07, 6.45) is 8.65. The third-order valence-corrected chi connectivity index (χ3v) is 4.34. The minimum atomic E-state index is 0.0656. The van der Waals surface area contributed by atoms with Crippen molar-refractivity contribution in [2.75, 3.05) is 31.5 Å². The van der Waals surface area contributed by atoms with Crippen molar-refractivity contribution in [3.05, 3.63) is 18.6 Å². The molecule has 5 heteroatoms. The first-order chi connectivity index (χ1) is 8.76. The summed E-state index contributed by atoms with van der Waals surface area (Å²) in [4.78, 5) is 20.1. The molecule has 1 amide bonds. The van der Waals surface area contributed by atoms with E-state index in [1.807, 2.05) is 0 Å². The van der Waals surface area contributed by atoms with E-state index >= 15 is 0 Å². The number of amides is 1. The van der Waals surface area contributed by atoms with Gasteiger partial charge in [0, 0.05) is 12.4 Å². The van der Waals surface area contributed by atoms with E-state index in [0.717, 1.165) is 10.4 Å². The quantitative estimate of drug-likeness (QED) is 0.812. The molecule has 0 atom stereocenters. The minimum absolute atomic E-state index is 0.0656. The number of hydrogen-bond acceptors (Lipinski definition) is 3. The van der Waals surface area contributed by atoms with Crippen LogP contribution in [0.2, 0.25) is 0 Å². The summed E-state index contributed by atoms with van der Waals surface area (Å²) in [5.74, 6) is 1.54. The third-order valence-electron chi connectivity index (χ3n) is 4.34. The lowest BCUT2D eigenvalue weighted by Crippen LogP contribution is -2.60. The van der Waals surface area contributed by atoms with Crippen molar-refractivity contribution in [2.24, 2.45) is 5.92 Å². The highest BCUT2D eigenvalue weighted by Gasteiger charge is 2.40. The molecule has 3 fully saturated rings. The van der Waals surface area contributed by atoms with Gasteiger partial charge in [0.2, 0.25) is 0 Å². The van der Waals surface area contributed by atoms with Gasteiger partial charge in [0.1, 0.15) is 0 Å². The minimum Gasteiger partial charge on any atom is -0.316 e. The van der Waals surface area contributed by atoms with Crippen LogP contribution in [-0.2, 0) is 4.79 Å². The molecule has 0 saturated carbocycles. The number of hydrogen-bond donors (Lipinski definition) is 1. The average molecular weight is 247 g/mol. The van der Waals surface area contributed by atoms with Gasteiger partial charge in [-0.3, -0.25) is 9.78 Å². The number of anilines is 1. The lowest BCUT2D eigenvalue weighted by molar-refractivity contribution is -0.935. The van der Waals surface area contributed by atoms with Crippen LogP contribution in [0, 0.1) is 5.92 Å². The fraction of sp³-hybridized carbons (Fsp3) is 0.615. The molecule has 3 aliphatic rings. The summed E-state index contributed by atoms with van der Waals surface area (Å²) < 4.78 is 0.975. The standard InChI is InChI=1S/C13H18N4O/c18-13(16-12-9-14-4-5-15-12)10-17-6-1-11(2-7-17)3-8-17/h4-5,9,11H,1-3,6-8,10H2/p+1. The Bertz CT molecular complexity index is 412. The second-order valence-corrected chi connectivity index (χ2v) is 5.54. The molecule has 3 aliphatic heterocycles. The van der Waals surface area contributed by atoms with E-state index in [4.69, 9.17) is 0 Å². The van der Waals surface area contributed by atoms with E-state index in [1.165, 1.54) is 38.9 Å². The van der Waals surface area contributed by atoms with E-state index in [9.17, 15) is 4.79 Å². The van der Waals surface area contributed by atoms with Crippen LogP contribution in [0.25, 0.3) is 0 Å². The molecule has 96 valence electrons. The van der Waals surface area contributed by atoms with Gasteiger partial charge >= 0.3 is 0 Å². The first kappa shape index (κ1) is 11.6. The number of carbonyl (C=O) groups is 1. The van der Waals surface area contributed by atoms with Crippen molar-refractivity contribution >= 4 is 11.7 Å². The van der Waals surface area contributed by atoms with Gasteiger partial charge in [-0.15, -0.1) is 0 Å².